The van der Waals surface area contributed by atoms with E-state index in [0.29, 0.717) is 5.56 Å². The molecule has 0 saturated carbocycles. The Bertz CT molecular complexity index is 477. The lowest BCUT2D eigenvalue weighted by atomic mass is 10.1. The van der Waals surface area contributed by atoms with E-state index in [4.69, 9.17) is 0 Å². The van der Waals surface area contributed by atoms with Crippen LogP contribution in [0.2, 0.25) is 0 Å². The van der Waals surface area contributed by atoms with Crippen molar-refractivity contribution in [3.8, 4) is 11.1 Å². The summed E-state index contributed by atoms with van der Waals surface area (Å²) in [5.74, 6) is -0.166. The third-order valence-corrected chi connectivity index (χ3v) is 2.64. The number of halogens is 1. The van der Waals surface area contributed by atoms with Crippen molar-refractivity contribution in [1.82, 2.24) is 4.57 Å². The van der Waals surface area contributed by atoms with Crippen LogP contribution >= 0.6 is 0 Å². The third kappa shape index (κ3) is 2.01. The Morgan fingerprint density at radius 3 is 2.12 bits per heavy atom. The van der Waals surface area contributed by atoms with Crippen molar-refractivity contribution >= 4 is 0 Å². The van der Waals surface area contributed by atoms with E-state index in [1.54, 1.807) is 6.20 Å². The van der Waals surface area contributed by atoms with Crippen LogP contribution in [0.15, 0.2) is 42.7 Å². The van der Waals surface area contributed by atoms with E-state index < -0.39 is 0 Å². The van der Waals surface area contributed by atoms with Crippen LogP contribution in [0.5, 0.6) is 0 Å². The van der Waals surface area contributed by atoms with E-state index >= 15 is 0 Å². The van der Waals surface area contributed by atoms with Crippen molar-refractivity contribution in [1.29, 1.82) is 0 Å². The Kier molecular flexibility index (Phi) is 2.58. The van der Waals surface area contributed by atoms with Gasteiger partial charge in [0.15, 0.2) is 0 Å². The van der Waals surface area contributed by atoms with Crippen LogP contribution in [0, 0.1) is 5.82 Å². The van der Waals surface area contributed by atoms with Gasteiger partial charge < -0.3 is 4.57 Å². The molecule has 84 valence electrons. The molecule has 0 saturated heterocycles. The largest absolute Gasteiger partial charge is 0.345 e. The highest BCUT2D eigenvalue weighted by Gasteiger charge is 2.16. The molecule has 2 aromatic rings. The molecule has 0 radical (unpaired) electrons. The second-order valence-electron chi connectivity index (χ2n) is 4.96. The summed E-state index contributed by atoms with van der Waals surface area (Å²) < 4.78 is 15.7. The molecular formula is C14H16FN. The van der Waals surface area contributed by atoms with Gasteiger partial charge in [0.2, 0.25) is 0 Å². The summed E-state index contributed by atoms with van der Waals surface area (Å²) in [6, 6.07) is 9.62. The number of hydrogen-bond donors (Lipinski definition) is 0. The monoisotopic (exact) mass is 217 g/mol. The lowest BCUT2D eigenvalue weighted by molar-refractivity contribution is 0.395. The fourth-order valence-corrected chi connectivity index (χ4v) is 1.65. The first-order valence-electron chi connectivity index (χ1n) is 5.42. The molecule has 2 rings (SSSR count). The molecule has 0 fully saturated rings. The maximum atomic E-state index is 13.8. The molecule has 0 atom stereocenters. The molecule has 16 heavy (non-hydrogen) atoms. The van der Waals surface area contributed by atoms with Crippen molar-refractivity contribution in [2.75, 3.05) is 0 Å². The minimum Gasteiger partial charge on any atom is -0.345 e. The highest BCUT2D eigenvalue weighted by Crippen LogP contribution is 2.26. The van der Waals surface area contributed by atoms with Crippen LogP contribution in [0.3, 0.4) is 0 Å². The summed E-state index contributed by atoms with van der Waals surface area (Å²) in [6.07, 6.45) is 3.42. The minimum absolute atomic E-state index is 0.0894. The first kappa shape index (κ1) is 10.9. The van der Waals surface area contributed by atoms with Crippen molar-refractivity contribution < 1.29 is 4.39 Å². The molecule has 0 bridgehead atoms. The molecule has 1 nitrogen and oxygen atoms in total. The Morgan fingerprint density at radius 2 is 1.62 bits per heavy atom. The maximum absolute atomic E-state index is 13.8. The molecule has 0 unspecified atom stereocenters. The number of aromatic nitrogens is 1. The molecule has 0 aliphatic rings. The second kappa shape index (κ2) is 3.78. The van der Waals surface area contributed by atoms with Gasteiger partial charge in [-0.25, -0.2) is 4.39 Å². The first-order valence-corrected chi connectivity index (χ1v) is 5.42. The average molecular weight is 217 g/mol. The van der Waals surface area contributed by atoms with Gasteiger partial charge in [0.05, 0.1) is 0 Å². The summed E-state index contributed by atoms with van der Waals surface area (Å²) in [7, 11) is 0. The molecule has 1 aromatic heterocycles. The van der Waals surface area contributed by atoms with Crippen LogP contribution in [0.1, 0.15) is 20.8 Å². The standard InChI is InChI=1S/C14H16FN/c1-14(2,3)16-9-12(13(15)10-16)11-7-5-4-6-8-11/h4-10H,1-3H3. The van der Waals surface area contributed by atoms with E-state index in [9.17, 15) is 4.39 Å². The minimum atomic E-state index is -0.166. The molecule has 0 aliphatic heterocycles. The van der Waals surface area contributed by atoms with Crippen LogP contribution in [0.4, 0.5) is 4.39 Å². The Hall–Kier alpha value is -1.57. The molecule has 2 heteroatoms. The van der Waals surface area contributed by atoms with Gasteiger partial charge in [-0.2, -0.15) is 0 Å². The molecule has 0 aliphatic carbocycles. The van der Waals surface area contributed by atoms with Crippen molar-refractivity contribution in [3.63, 3.8) is 0 Å². The van der Waals surface area contributed by atoms with Gasteiger partial charge in [0, 0.05) is 23.5 Å². The smallest absolute Gasteiger partial charge is 0.148 e. The molecule has 0 spiro atoms. The highest BCUT2D eigenvalue weighted by molar-refractivity contribution is 5.63. The average Bonchev–Trinajstić information content (AvgIpc) is 2.61. The van der Waals surface area contributed by atoms with Gasteiger partial charge in [-0.3, -0.25) is 0 Å². The van der Waals surface area contributed by atoms with E-state index in [2.05, 4.69) is 20.8 Å². The molecule has 0 amide bonds. The Morgan fingerprint density at radius 1 is 1.00 bits per heavy atom. The second-order valence-corrected chi connectivity index (χ2v) is 4.96. The topological polar surface area (TPSA) is 4.93 Å². The lowest BCUT2D eigenvalue weighted by Crippen LogP contribution is -2.19. The van der Waals surface area contributed by atoms with Crippen LogP contribution in [0.25, 0.3) is 11.1 Å². The summed E-state index contributed by atoms with van der Waals surface area (Å²) in [6.45, 7) is 6.17. The summed E-state index contributed by atoms with van der Waals surface area (Å²) in [5, 5.41) is 0. The van der Waals surface area contributed by atoms with E-state index in [1.165, 1.54) is 0 Å². The van der Waals surface area contributed by atoms with Gasteiger partial charge in [-0.05, 0) is 26.3 Å². The number of nitrogens with zero attached hydrogens (tertiary/aromatic N) is 1. The number of rotatable bonds is 1. The lowest BCUT2D eigenvalue weighted by Gasteiger charge is -2.20. The Labute approximate surface area is 95.5 Å². The molecule has 1 heterocycles. The quantitative estimate of drug-likeness (QED) is 0.679. The van der Waals surface area contributed by atoms with Crippen LogP contribution in [-0.2, 0) is 5.54 Å². The zero-order valence-corrected chi connectivity index (χ0v) is 9.87. The fraction of sp³-hybridized carbons (Fsp3) is 0.286. The highest BCUT2D eigenvalue weighted by atomic mass is 19.1. The van der Waals surface area contributed by atoms with Gasteiger partial charge >= 0.3 is 0 Å². The third-order valence-electron chi connectivity index (χ3n) is 2.64. The zero-order valence-electron chi connectivity index (χ0n) is 9.87. The predicted molar refractivity (Wildman–Crippen MR) is 64.8 cm³/mol. The Balaban J connectivity index is 2.48. The number of benzene rings is 1. The first-order chi connectivity index (χ1) is 7.48. The maximum Gasteiger partial charge on any atom is 0.148 e. The molecule has 1 aromatic carbocycles. The fourth-order valence-electron chi connectivity index (χ4n) is 1.65. The zero-order chi connectivity index (χ0) is 11.8. The molecule has 0 N–H and O–H groups in total. The van der Waals surface area contributed by atoms with Gasteiger partial charge in [0.25, 0.3) is 0 Å². The summed E-state index contributed by atoms with van der Waals surface area (Å²) in [5.41, 5.74) is 1.49. The van der Waals surface area contributed by atoms with E-state index in [0.717, 1.165) is 5.56 Å². The summed E-state index contributed by atoms with van der Waals surface area (Å²) in [4.78, 5) is 0. The van der Waals surface area contributed by atoms with Crippen LogP contribution < -0.4 is 0 Å². The van der Waals surface area contributed by atoms with Gasteiger partial charge in [0.1, 0.15) is 5.82 Å². The molecular weight excluding hydrogens is 201 g/mol. The normalized spacial score (nSPS) is 11.8. The van der Waals surface area contributed by atoms with Crippen molar-refractivity contribution in [2.45, 2.75) is 26.3 Å². The predicted octanol–water partition coefficient (Wildman–Crippen LogP) is 4.05. The number of hydrogen-bond acceptors (Lipinski definition) is 0. The SMILES string of the molecule is CC(C)(C)n1cc(F)c(-c2ccccc2)c1. The van der Waals surface area contributed by atoms with Crippen LogP contribution in [-0.4, -0.2) is 4.57 Å². The van der Waals surface area contributed by atoms with E-state index in [-0.39, 0.29) is 11.4 Å². The van der Waals surface area contributed by atoms with Crippen molar-refractivity contribution in [3.05, 3.63) is 48.5 Å². The van der Waals surface area contributed by atoms with Gasteiger partial charge in [-0.15, -0.1) is 0 Å². The summed E-state index contributed by atoms with van der Waals surface area (Å²) >= 11 is 0. The van der Waals surface area contributed by atoms with E-state index in [1.807, 2.05) is 41.1 Å². The van der Waals surface area contributed by atoms with Gasteiger partial charge in [-0.1, -0.05) is 30.3 Å². The van der Waals surface area contributed by atoms with Crippen molar-refractivity contribution in [2.24, 2.45) is 0 Å².